The van der Waals surface area contributed by atoms with Gasteiger partial charge < -0.3 is 15.3 Å². The molecule has 1 unspecified atom stereocenters. The van der Waals surface area contributed by atoms with Crippen molar-refractivity contribution in [2.24, 2.45) is 5.92 Å². The summed E-state index contributed by atoms with van der Waals surface area (Å²) in [5, 5.41) is 11.6. The highest BCUT2D eigenvalue weighted by atomic mass is 35.5. The van der Waals surface area contributed by atoms with Crippen LogP contribution in [-0.4, -0.2) is 52.9 Å². The minimum Gasteiger partial charge on any atom is -0.480 e. The molecule has 112 valence electrons. The van der Waals surface area contributed by atoms with Crippen LogP contribution < -0.4 is 5.32 Å². The maximum Gasteiger partial charge on any atom is 0.326 e. The quantitative estimate of drug-likeness (QED) is 0.642. The number of rotatable bonds is 9. The van der Waals surface area contributed by atoms with Crippen LogP contribution in [0.15, 0.2) is 0 Å². The van der Waals surface area contributed by atoms with Crippen LogP contribution in [0.25, 0.3) is 0 Å². The third kappa shape index (κ3) is 7.47. The molecule has 0 fully saturated rings. The zero-order valence-electron chi connectivity index (χ0n) is 11.4. The summed E-state index contributed by atoms with van der Waals surface area (Å²) in [4.78, 5) is 24.6. The van der Waals surface area contributed by atoms with Crippen molar-refractivity contribution in [2.75, 3.05) is 24.8 Å². The van der Waals surface area contributed by atoms with E-state index in [1.54, 1.807) is 18.7 Å². The van der Waals surface area contributed by atoms with E-state index in [2.05, 4.69) is 5.32 Å². The first-order valence-corrected chi connectivity index (χ1v) is 7.41. The Morgan fingerprint density at radius 2 is 1.63 bits per heavy atom. The van der Waals surface area contributed by atoms with Gasteiger partial charge in [0.1, 0.15) is 6.04 Å². The van der Waals surface area contributed by atoms with Gasteiger partial charge in [0.05, 0.1) is 0 Å². The molecule has 7 heteroatoms. The van der Waals surface area contributed by atoms with Gasteiger partial charge >= 0.3 is 12.0 Å². The number of amides is 2. The summed E-state index contributed by atoms with van der Waals surface area (Å²) in [5.74, 6) is -0.295. The SMILES string of the molecule is CC(C)C(NC(=O)N(CCCCl)CCCCl)C(=O)O. The van der Waals surface area contributed by atoms with Crippen molar-refractivity contribution < 1.29 is 14.7 Å². The van der Waals surface area contributed by atoms with E-state index in [-0.39, 0.29) is 11.9 Å². The first-order chi connectivity index (χ1) is 8.93. The molecule has 19 heavy (non-hydrogen) atoms. The van der Waals surface area contributed by atoms with Gasteiger partial charge in [0.15, 0.2) is 0 Å². The van der Waals surface area contributed by atoms with E-state index in [0.717, 1.165) is 0 Å². The number of halogens is 2. The molecule has 2 amide bonds. The average molecular weight is 313 g/mol. The van der Waals surface area contributed by atoms with E-state index < -0.39 is 12.0 Å². The zero-order valence-corrected chi connectivity index (χ0v) is 12.9. The Kier molecular flexibility index (Phi) is 9.79. The van der Waals surface area contributed by atoms with Gasteiger partial charge in [-0.15, -0.1) is 23.2 Å². The van der Waals surface area contributed by atoms with Crippen molar-refractivity contribution in [1.29, 1.82) is 0 Å². The van der Waals surface area contributed by atoms with Crippen LogP contribution >= 0.6 is 23.2 Å². The second-order valence-corrected chi connectivity index (χ2v) is 5.34. The molecule has 0 rings (SSSR count). The number of hydrogen-bond donors (Lipinski definition) is 2. The molecule has 0 aromatic carbocycles. The Hall–Kier alpha value is -0.680. The fourth-order valence-corrected chi connectivity index (χ4v) is 1.79. The van der Waals surface area contributed by atoms with E-state index >= 15 is 0 Å². The number of nitrogens with zero attached hydrogens (tertiary/aromatic N) is 1. The molecule has 0 aromatic heterocycles. The lowest BCUT2D eigenvalue weighted by Crippen LogP contribution is -2.50. The summed E-state index contributed by atoms with van der Waals surface area (Å²) in [6, 6.07) is -1.27. The number of alkyl halides is 2. The molecule has 0 saturated carbocycles. The van der Waals surface area contributed by atoms with Gasteiger partial charge in [-0.1, -0.05) is 13.8 Å². The number of aliphatic carboxylic acids is 1. The van der Waals surface area contributed by atoms with Crippen molar-refractivity contribution in [1.82, 2.24) is 10.2 Å². The second-order valence-electron chi connectivity index (χ2n) is 4.58. The number of urea groups is 1. The largest absolute Gasteiger partial charge is 0.480 e. The highest BCUT2D eigenvalue weighted by molar-refractivity contribution is 6.18. The van der Waals surface area contributed by atoms with Gasteiger partial charge in [0, 0.05) is 24.8 Å². The van der Waals surface area contributed by atoms with Gasteiger partial charge in [-0.05, 0) is 18.8 Å². The third-order valence-electron chi connectivity index (χ3n) is 2.62. The summed E-state index contributed by atoms with van der Waals surface area (Å²) in [6.45, 7) is 4.50. The molecule has 0 aliphatic carbocycles. The Balaban J connectivity index is 4.54. The predicted molar refractivity (Wildman–Crippen MR) is 77.0 cm³/mol. The van der Waals surface area contributed by atoms with Crippen LogP contribution in [0.3, 0.4) is 0 Å². The maximum atomic E-state index is 12.0. The van der Waals surface area contributed by atoms with Crippen molar-refractivity contribution in [3.63, 3.8) is 0 Å². The second kappa shape index (κ2) is 10.1. The monoisotopic (exact) mass is 312 g/mol. The molecular formula is C12H22Cl2N2O3. The lowest BCUT2D eigenvalue weighted by atomic mass is 10.1. The van der Waals surface area contributed by atoms with Crippen LogP contribution in [0.4, 0.5) is 4.79 Å². The van der Waals surface area contributed by atoms with Crippen molar-refractivity contribution in [3.05, 3.63) is 0 Å². The van der Waals surface area contributed by atoms with Gasteiger partial charge in [-0.2, -0.15) is 0 Å². The van der Waals surface area contributed by atoms with E-state index in [1.165, 1.54) is 0 Å². The van der Waals surface area contributed by atoms with Crippen LogP contribution in [0, 0.1) is 5.92 Å². The molecule has 0 radical (unpaired) electrons. The summed E-state index contributed by atoms with van der Waals surface area (Å²) in [7, 11) is 0. The normalized spacial score (nSPS) is 12.3. The van der Waals surface area contributed by atoms with Crippen molar-refractivity contribution >= 4 is 35.2 Å². The minimum atomic E-state index is -1.03. The Morgan fingerprint density at radius 3 is 1.95 bits per heavy atom. The van der Waals surface area contributed by atoms with Crippen LogP contribution in [0.2, 0.25) is 0 Å². The first kappa shape index (κ1) is 18.3. The van der Waals surface area contributed by atoms with Gasteiger partial charge in [-0.25, -0.2) is 9.59 Å². The van der Waals surface area contributed by atoms with E-state index in [0.29, 0.717) is 37.7 Å². The van der Waals surface area contributed by atoms with Gasteiger partial charge in [0.2, 0.25) is 0 Å². The molecule has 0 aliphatic rings. The smallest absolute Gasteiger partial charge is 0.326 e. The lowest BCUT2D eigenvalue weighted by Gasteiger charge is -2.26. The topological polar surface area (TPSA) is 69.6 Å². The Labute approximate surface area is 124 Å². The lowest BCUT2D eigenvalue weighted by molar-refractivity contribution is -0.140. The highest BCUT2D eigenvalue weighted by Crippen LogP contribution is 2.04. The minimum absolute atomic E-state index is 0.177. The Bertz CT molecular complexity index is 280. The van der Waals surface area contributed by atoms with Crippen molar-refractivity contribution in [3.8, 4) is 0 Å². The molecular weight excluding hydrogens is 291 g/mol. The number of nitrogens with one attached hydrogen (secondary N) is 1. The van der Waals surface area contributed by atoms with Crippen LogP contribution in [0.5, 0.6) is 0 Å². The van der Waals surface area contributed by atoms with Gasteiger partial charge in [-0.3, -0.25) is 0 Å². The molecule has 0 bridgehead atoms. The van der Waals surface area contributed by atoms with Gasteiger partial charge in [0.25, 0.3) is 0 Å². The van der Waals surface area contributed by atoms with Crippen LogP contribution in [-0.2, 0) is 4.79 Å². The van der Waals surface area contributed by atoms with Crippen molar-refractivity contribution in [2.45, 2.75) is 32.7 Å². The number of carbonyl (C=O) groups excluding carboxylic acids is 1. The average Bonchev–Trinajstić information content (AvgIpc) is 2.35. The van der Waals surface area contributed by atoms with Crippen LogP contribution in [0.1, 0.15) is 26.7 Å². The number of carboxylic acids is 1. The fourth-order valence-electron chi connectivity index (χ4n) is 1.55. The summed E-state index contributed by atoms with van der Waals surface area (Å²) < 4.78 is 0. The zero-order chi connectivity index (χ0) is 14.8. The number of carboxylic acid groups (broad SMARTS) is 1. The molecule has 0 spiro atoms. The molecule has 5 nitrogen and oxygen atoms in total. The number of carbonyl (C=O) groups is 2. The first-order valence-electron chi connectivity index (χ1n) is 6.34. The maximum absolute atomic E-state index is 12.0. The van der Waals surface area contributed by atoms with E-state index in [9.17, 15) is 9.59 Å². The third-order valence-corrected chi connectivity index (χ3v) is 3.16. The molecule has 1 atom stereocenters. The highest BCUT2D eigenvalue weighted by Gasteiger charge is 2.25. The molecule has 2 N–H and O–H groups in total. The standard InChI is InChI=1S/C12H22Cl2N2O3/c1-9(2)10(11(17)18)15-12(19)16(7-3-5-13)8-4-6-14/h9-10H,3-8H2,1-2H3,(H,15,19)(H,17,18). The van der Waals surface area contributed by atoms with E-state index in [1.807, 2.05) is 0 Å². The molecule has 0 aromatic rings. The predicted octanol–water partition coefficient (Wildman–Crippen LogP) is 2.37. The summed E-state index contributed by atoms with van der Waals surface area (Å²) >= 11 is 11.2. The van der Waals surface area contributed by atoms with E-state index in [4.69, 9.17) is 28.3 Å². The number of hydrogen-bond acceptors (Lipinski definition) is 2. The Morgan fingerprint density at radius 1 is 1.16 bits per heavy atom. The molecule has 0 aliphatic heterocycles. The molecule has 0 heterocycles. The summed E-state index contributed by atoms with van der Waals surface area (Å²) in [6.07, 6.45) is 1.33. The molecule has 0 saturated heterocycles. The summed E-state index contributed by atoms with van der Waals surface area (Å²) in [5.41, 5.74) is 0. The fraction of sp³-hybridized carbons (Fsp3) is 0.833.